The fourth-order valence-electron chi connectivity index (χ4n) is 2.99. The van der Waals surface area contributed by atoms with Crippen molar-refractivity contribution in [3.05, 3.63) is 96.6 Å². The van der Waals surface area contributed by atoms with Gasteiger partial charge in [-0.2, -0.15) is 0 Å². The molecule has 1 N–H and O–H groups in total. The van der Waals surface area contributed by atoms with Gasteiger partial charge in [0.1, 0.15) is 0 Å². The van der Waals surface area contributed by atoms with Crippen LogP contribution in [-0.2, 0) is 0 Å². The summed E-state index contributed by atoms with van der Waals surface area (Å²) in [7, 11) is 0. The average Bonchev–Trinajstić information content (AvgIpc) is 2.69. The summed E-state index contributed by atoms with van der Waals surface area (Å²) in [6.07, 6.45) is -0.490. The summed E-state index contributed by atoms with van der Waals surface area (Å²) in [6, 6.07) is 31.6. The van der Waals surface area contributed by atoms with Gasteiger partial charge >= 0.3 is 0 Å². The molecule has 0 bridgehead atoms. The van der Waals surface area contributed by atoms with Crippen molar-refractivity contribution in [3.8, 4) is 0 Å². The SMILES string of the molecule is CC(O)c1ccc(Sc2ccc3ccccc3c2)cc1Sc1ccccc1. The van der Waals surface area contributed by atoms with E-state index in [-0.39, 0.29) is 0 Å². The van der Waals surface area contributed by atoms with E-state index in [1.54, 1.807) is 23.5 Å². The first-order chi connectivity index (χ1) is 13.2. The van der Waals surface area contributed by atoms with Gasteiger partial charge in [-0.25, -0.2) is 0 Å². The summed E-state index contributed by atoms with van der Waals surface area (Å²) in [5, 5.41) is 12.7. The van der Waals surface area contributed by atoms with Crippen LogP contribution in [0, 0.1) is 0 Å². The van der Waals surface area contributed by atoms with Crippen LogP contribution >= 0.6 is 23.5 Å². The second-order valence-electron chi connectivity index (χ2n) is 6.40. The number of fused-ring (bicyclic) bond motifs is 1. The van der Waals surface area contributed by atoms with Crippen molar-refractivity contribution < 1.29 is 5.11 Å². The summed E-state index contributed by atoms with van der Waals surface area (Å²) in [4.78, 5) is 4.66. The first-order valence-electron chi connectivity index (χ1n) is 8.90. The Balaban J connectivity index is 1.65. The number of benzene rings is 4. The number of aliphatic hydroxyl groups is 1. The smallest absolute Gasteiger partial charge is 0.0772 e. The fraction of sp³-hybridized carbons (Fsp3) is 0.0833. The van der Waals surface area contributed by atoms with Crippen LogP contribution in [-0.4, -0.2) is 5.11 Å². The van der Waals surface area contributed by atoms with Gasteiger partial charge in [0, 0.05) is 19.6 Å². The van der Waals surface area contributed by atoms with Gasteiger partial charge < -0.3 is 5.11 Å². The number of rotatable bonds is 5. The molecule has 0 saturated heterocycles. The van der Waals surface area contributed by atoms with E-state index < -0.39 is 6.10 Å². The van der Waals surface area contributed by atoms with Gasteiger partial charge in [-0.1, -0.05) is 78.1 Å². The molecule has 4 rings (SSSR count). The van der Waals surface area contributed by atoms with Crippen LogP contribution in [0.15, 0.2) is 111 Å². The average molecular weight is 389 g/mol. The van der Waals surface area contributed by atoms with E-state index in [4.69, 9.17) is 0 Å². The van der Waals surface area contributed by atoms with E-state index in [2.05, 4.69) is 66.7 Å². The summed E-state index contributed by atoms with van der Waals surface area (Å²) in [5.41, 5.74) is 0.965. The van der Waals surface area contributed by atoms with Gasteiger partial charge in [-0.15, -0.1) is 0 Å². The maximum Gasteiger partial charge on any atom is 0.0772 e. The van der Waals surface area contributed by atoms with Gasteiger partial charge in [-0.05, 0) is 59.7 Å². The highest BCUT2D eigenvalue weighted by atomic mass is 32.2. The van der Waals surface area contributed by atoms with E-state index in [1.165, 1.54) is 25.5 Å². The molecule has 0 amide bonds. The zero-order valence-corrected chi connectivity index (χ0v) is 16.6. The summed E-state index contributed by atoms with van der Waals surface area (Å²) in [6.45, 7) is 1.82. The topological polar surface area (TPSA) is 20.2 Å². The molecule has 0 aliphatic heterocycles. The van der Waals surface area contributed by atoms with Crippen molar-refractivity contribution in [1.82, 2.24) is 0 Å². The molecule has 0 radical (unpaired) electrons. The lowest BCUT2D eigenvalue weighted by Crippen LogP contribution is -1.94. The molecule has 3 heteroatoms. The molecular weight excluding hydrogens is 368 g/mol. The molecule has 134 valence electrons. The molecule has 1 unspecified atom stereocenters. The van der Waals surface area contributed by atoms with Crippen molar-refractivity contribution >= 4 is 34.3 Å². The molecular formula is C24H20OS2. The molecule has 0 aliphatic rings. The Labute approximate surface area is 168 Å². The van der Waals surface area contributed by atoms with Crippen LogP contribution < -0.4 is 0 Å². The normalized spacial score (nSPS) is 12.2. The molecule has 0 heterocycles. The molecule has 4 aromatic rings. The lowest BCUT2D eigenvalue weighted by molar-refractivity contribution is 0.196. The van der Waals surface area contributed by atoms with Gasteiger partial charge in [0.15, 0.2) is 0 Å². The fourth-order valence-corrected chi connectivity index (χ4v) is 5.07. The summed E-state index contributed by atoms with van der Waals surface area (Å²) < 4.78 is 0. The van der Waals surface area contributed by atoms with E-state index in [1.807, 2.05) is 31.2 Å². The van der Waals surface area contributed by atoms with Crippen LogP contribution in [0.5, 0.6) is 0 Å². The third-order valence-electron chi connectivity index (χ3n) is 4.36. The van der Waals surface area contributed by atoms with Crippen LogP contribution in [0.1, 0.15) is 18.6 Å². The standard InChI is InChI=1S/C24H20OS2/c1-17(25)23-14-13-22(16-24(23)27-20-9-3-2-4-10-20)26-21-12-11-18-7-5-6-8-19(18)15-21/h2-17,25H,1H3. The van der Waals surface area contributed by atoms with E-state index in [0.29, 0.717) is 0 Å². The van der Waals surface area contributed by atoms with Gasteiger partial charge in [-0.3, -0.25) is 0 Å². The van der Waals surface area contributed by atoms with Crippen molar-refractivity contribution in [2.45, 2.75) is 32.6 Å². The Morgan fingerprint density at radius 2 is 1.30 bits per heavy atom. The predicted molar refractivity (Wildman–Crippen MR) is 116 cm³/mol. The molecule has 0 spiro atoms. The van der Waals surface area contributed by atoms with Gasteiger partial charge in [0.2, 0.25) is 0 Å². The predicted octanol–water partition coefficient (Wildman–Crippen LogP) is 7.20. The molecule has 0 aromatic heterocycles. The monoisotopic (exact) mass is 388 g/mol. The maximum absolute atomic E-state index is 10.2. The first-order valence-corrected chi connectivity index (χ1v) is 10.5. The van der Waals surface area contributed by atoms with Crippen LogP contribution in [0.4, 0.5) is 0 Å². The highest BCUT2D eigenvalue weighted by molar-refractivity contribution is 8.00. The van der Waals surface area contributed by atoms with E-state index in [0.717, 1.165) is 10.5 Å². The van der Waals surface area contributed by atoms with Gasteiger partial charge in [0.25, 0.3) is 0 Å². The second kappa shape index (κ2) is 8.22. The largest absolute Gasteiger partial charge is 0.389 e. The quantitative estimate of drug-likeness (QED) is 0.390. The maximum atomic E-state index is 10.2. The Kier molecular flexibility index (Phi) is 5.53. The van der Waals surface area contributed by atoms with Crippen LogP contribution in [0.2, 0.25) is 0 Å². The Hall–Kier alpha value is -2.20. The lowest BCUT2D eigenvalue weighted by atomic mass is 10.1. The minimum absolute atomic E-state index is 0.490. The summed E-state index contributed by atoms with van der Waals surface area (Å²) >= 11 is 3.45. The minimum Gasteiger partial charge on any atom is -0.389 e. The molecule has 4 aromatic carbocycles. The van der Waals surface area contributed by atoms with Crippen LogP contribution in [0.3, 0.4) is 0 Å². The Bertz CT molecular complexity index is 1060. The minimum atomic E-state index is -0.490. The van der Waals surface area contributed by atoms with E-state index >= 15 is 0 Å². The van der Waals surface area contributed by atoms with Crippen molar-refractivity contribution in [3.63, 3.8) is 0 Å². The Morgan fingerprint density at radius 3 is 2.07 bits per heavy atom. The molecule has 0 fully saturated rings. The molecule has 1 atom stereocenters. The second-order valence-corrected chi connectivity index (χ2v) is 8.66. The number of aliphatic hydroxyl groups excluding tert-OH is 1. The van der Waals surface area contributed by atoms with Gasteiger partial charge in [0.05, 0.1) is 6.10 Å². The zero-order valence-electron chi connectivity index (χ0n) is 15.0. The summed E-state index contributed by atoms with van der Waals surface area (Å²) in [5.74, 6) is 0. The molecule has 27 heavy (non-hydrogen) atoms. The highest BCUT2D eigenvalue weighted by Crippen LogP contribution is 2.38. The number of hydrogen-bond donors (Lipinski definition) is 1. The van der Waals surface area contributed by atoms with E-state index in [9.17, 15) is 5.11 Å². The van der Waals surface area contributed by atoms with Crippen LogP contribution in [0.25, 0.3) is 10.8 Å². The highest BCUT2D eigenvalue weighted by Gasteiger charge is 2.11. The zero-order chi connectivity index (χ0) is 18.6. The molecule has 1 nitrogen and oxygen atoms in total. The molecule has 0 aliphatic carbocycles. The molecule has 0 saturated carbocycles. The number of hydrogen-bond acceptors (Lipinski definition) is 3. The lowest BCUT2D eigenvalue weighted by Gasteiger charge is -2.14. The van der Waals surface area contributed by atoms with Crippen molar-refractivity contribution in [2.24, 2.45) is 0 Å². The first kappa shape index (κ1) is 18.2. The third kappa shape index (κ3) is 4.38. The third-order valence-corrected chi connectivity index (χ3v) is 6.42. The van der Waals surface area contributed by atoms with Crippen molar-refractivity contribution in [2.75, 3.05) is 0 Å². The Morgan fingerprint density at radius 1 is 0.630 bits per heavy atom. The van der Waals surface area contributed by atoms with Crippen molar-refractivity contribution in [1.29, 1.82) is 0 Å².